The van der Waals surface area contributed by atoms with E-state index in [1.165, 1.54) is 205 Å². The fourth-order valence-corrected chi connectivity index (χ4v) is 10.7. The maximum absolute atomic E-state index is 13.2. The minimum absolute atomic E-state index is 0.0668. The van der Waals surface area contributed by atoms with E-state index >= 15 is 0 Å². The fraction of sp³-hybridized carbons (Fsp3) is 0.884. The van der Waals surface area contributed by atoms with Crippen LogP contribution < -0.4 is 0 Å². The number of allylic oxidation sites excluding steroid dienone is 4. The minimum atomic E-state index is -1.90. The van der Waals surface area contributed by atoms with Crippen molar-refractivity contribution in [3.05, 3.63) is 24.3 Å². The van der Waals surface area contributed by atoms with Crippen LogP contribution in [-0.2, 0) is 42.9 Å². The monoisotopic (exact) mass is 1150 g/mol. The molecule has 474 valence electrons. The van der Waals surface area contributed by atoms with E-state index in [0.29, 0.717) is 19.3 Å². The molecule has 0 amide bonds. The number of unbranched alkanes of at least 4 members (excludes halogenated alkanes) is 42. The van der Waals surface area contributed by atoms with E-state index in [9.17, 15) is 34.5 Å². The molecule has 1 aliphatic rings. The second-order valence-corrected chi connectivity index (χ2v) is 23.8. The first-order valence-electron chi connectivity index (χ1n) is 34.3. The van der Waals surface area contributed by atoms with Crippen molar-refractivity contribution in [1.29, 1.82) is 0 Å². The summed E-state index contributed by atoms with van der Waals surface area (Å²) in [7, 11) is 0. The van der Waals surface area contributed by atoms with Gasteiger partial charge in [-0.1, -0.05) is 276 Å². The normalized spacial score (nSPS) is 17.8. The summed E-state index contributed by atoms with van der Waals surface area (Å²) in [6, 6.07) is 0. The molecule has 81 heavy (non-hydrogen) atoms. The molecule has 1 saturated heterocycles. The number of aliphatic hydroxyl groups excluding tert-OH is 2. The average molecular weight is 1150 g/mol. The van der Waals surface area contributed by atoms with Crippen molar-refractivity contribution in [2.75, 3.05) is 13.2 Å². The molecule has 0 bridgehead atoms. The first-order chi connectivity index (χ1) is 39.6. The fourth-order valence-electron chi connectivity index (χ4n) is 10.7. The molecule has 12 heteroatoms. The number of carboxylic acids is 1. The van der Waals surface area contributed by atoms with E-state index in [2.05, 4.69) is 45.1 Å². The Hall–Kier alpha value is -2.80. The number of carboxylic acid groups (broad SMARTS) is 1. The number of aliphatic hydroxyl groups is 2. The molecule has 1 heterocycles. The van der Waals surface area contributed by atoms with Gasteiger partial charge in [0, 0.05) is 19.3 Å². The summed E-state index contributed by atoms with van der Waals surface area (Å²) in [6.07, 6.45) is 55.7. The van der Waals surface area contributed by atoms with Crippen LogP contribution in [0.4, 0.5) is 0 Å². The van der Waals surface area contributed by atoms with E-state index in [4.69, 9.17) is 23.7 Å². The van der Waals surface area contributed by atoms with Crippen LogP contribution in [0, 0.1) is 0 Å². The molecule has 12 nitrogen and oxygen atoms in total. The van der Waals surface area contributed by atoms with Gasteiger partial charge in [0.25, 0.3) is 0 Å². The van der Waals surface area contributed by atoms with Crippen molar-refractivity contribution in [3.63, 3.8) is 0 Å². The molecule has 0 aromatic carbocycles. The second-order valence-electron chi connectivity index (χ2n) is 23.8. The van der Waals surface area contributed by atoms with Gasteiger partial charge < -0.3 is 39.0 Å². The van der Waals surface area contributed by atoms with Gasteiger partial charge in [0.05, 0.1) is 6.61 Å². The van der Waals surface area contributed by atoms with Crippen molar-refractivity contribution in [2.24, 2.45) is 0 Å². The van der Waals surface area contributed by atoms with Crippen LogP contribution >= 0.6 is 0 Å². The Balaban J connectivity index is 2.60. The molecule has 1 fully saturated rings. The van der Waals surface area contributed by atoms with Gasteiger partial charge in [-0.3, -0.25) is 14.4 Å². The SMILES string of the molecule is CCCCCC/C=C\CCCCCCCC(=O)OC(COC(=O)CCCCCCCCCCC/C=C\CCCCCCCC)COC1OC(C(=O)O)C(O)C(O)C1OC(=O)CCCCCCCCCCCCCCCCCCCCC. The first kappa shape index (κ1) is 76.2. The highest BCUT2D eigenvalue weighted by molar-refractivity contribution is 5.74. The number of hydrogen-bond donors (Lipinski definition) is 3. The summed E-state index contributed by atoms with van der Waals surface area (Å²) >= 11 is 0. The van der Waals surface area contributed by atoms with Gasteiger partial charge in [-0.25, -0.2) is 4.79 Å². The average Bonchev–Trinajstić information content (AvgIpc) is 3.54. The molecular formula is C69H126O12. The molecule has 0 aromatic rings. The summed E-state index contributed by atoms with van der Waals surface area (Å²) in [5, 5.41) is 31.6. The van der Waals surface area contributed by atoms with Crippen LogP contribution in [0.2, 0.25) is 0 Å². The van der Waals surface area contributed by atoms with Gasteiger partial charge in [-0.05, 0) is 70.6 Å². The topological polar surface area (TPSA) is 175 Å². The lowest BCUT2D eigenvalue weighted by atomic mass is 9.98. The molecule has 0 radical (unpaired) electrons. The van der Waals surface area contributed by atoms with Gasteiger partial charge in [0.1, 0.15) is 18.8 Å². The molecule has 0 saturated carbocycles. The highest BCUT2D eigenvalue weighted by Crippen LogP contribution is 2.27. The smallest absolute Gasteiger partial charge is 0.335 e. The number of esters is 3. The second kappa shape index (κ2) is 57.6. The minimum Gasteiger partial charge on any atom is -0.479 e. The van der Waals surface area contributed by atoms with Crippen LogP contribution in [-0.4, -0.2) is 89.2 Å². The Labute approximate surface area is 496 Å². The molecular weight excluding hydrogens is 1020 g/mol. The van der Waals surface area contributed by atoms with Crippen molar-refractivity contribution >= 4 is 23.9 Å². The Bertz CT molecular complexity index is 1500. The van der Waals surface area contributed by atoms with Crippen LogP contribution in [0.3, 0.4) is 0 Å². The highest BCUT2D eigenvalue weighted by Gasteiger charge is 2.50. The van der Waals surface area contributed by atoms with Crippen LogP contribution in [0.5, 0.6) is 0 Å². The van der Waals surface area contributed by atoms with E-state index in [0.717, 1.165) is 77.0 Å². The molecule has 0 aromatic heterocycles. The Morgan fingerprint density at radius 3 is 1.06 bits per heavy atom. The van der Waals surface area contributed by atoms with Gasteiger partial charge in [0.2, 0.25) is 0 Å². The third-order valence-corrected chi connectivity index (χ3v) is 16.0. The predicted molar refractivity (Wildman–Crippen MR) is 331 cm³/mol. The molecule has 3 N–H and O–H groups in total. The summed E-state index contributed by atoms with van der Waals surface area (Å²) in [5.41, 5.74) is 0. The highest BCUT2D eigenvalue weighted by atomic mass is 16.7. The van der Waals surface area contributed by atoms with Gasteiger partial charge >= 0.3 is 23.9 Å². The molecule has 6 unspecified atom stereocenters. The van der Waals surface area contributed by atoms with E-state index < -0.39 is 67.3 Å². The zero-order valence-corrected chi connectivity index (χ0v) is 52.6. The number of rotatable bonds is 60. The maximum atomic E-state index is 13.2. The number of carbonyl (C=O) groups excluding carboxylic acids is 3. The molecule has 1 aliphatic heterocycles. The summed E-state index contributed by atoms with van der Waals surface area (Å²) < 4.78 is 28.6. The van der Waals surface area contributed by atoms with E-state index in [1.807, 2.05) is 0 Å². The number of carbonyl (C=O) groups is 4. The lowest BCUT2D eigenvalue weighted by Gasteiger charge is -2.40. The van der Waals surface area contributed by atoms with E-state index in [1.54, 1.807) is 0 Å². The number of ether oxygens (including phenoxy) is 5. The molecule has 1 rings (SSSR count). The zero-order valence-electron chi connectivity index (χ0n) is 52.6. The predicted octanol–water partition coefficient (Wildman–Crippen LogP) is 18.6. The van der Waals surface area contributed by atoms with Crippen molar-refractivity contribution < 1.29 is 58.2 Å². The lowest BCUT2D eigenvalue weighted by Crippen LogP contribution is -2.61. The Morgan fingerprint density at radius 1 is 0.395 bits per heavy atom. The van der Waals surface area contributed by atoms with Crippen LogP contribution in [0.15, 0.2) is 24.3 Å². The zero-order chi connectivity index (χ0) is 58.9. The van der Waals surface area contributed by atoms with Gasteiger partial charge in [-0.2, -0.15) is 0 Å². The van der Waals surface area contributed by atoms with Crippen molar-refractivity contribution in [1.82, 2.24) is 0 Å². The first-order valence-corrected chi connectivity index (χ1v) is 34.3. The Kier molecular flexibility index (Phi) is 54.2. The summed E-state index contributed by atoms with van der Waals surface area (Å²) in [5.74, 6) is -3.09. The largest absolute Gasteiger partial charge is 0.479 e. The standard InChI is InChI=1S/C69H126O12/c1-4-7-10-13-16-19-22-25-27-29-31-33-35-38-40-43-46-49-52-55-61(70)77-58-60(79-62(71)56-53-50-47-44-41-37-24-21-18-15-12-9-6-3)59-78-69-67(65(74)64(73)66(81-69)68(75)76)80-63(72)57-54-51-48-45-42-39-36-34-32-30-28-26-23-20-17-14-11-8-5-2/h21,24-25,27,60,64-67,69,73-74H,4-20,22-23,26,28-59H2,1-3H3,(H,75,76)/b24-21-,27-25-. The molecule has 0 aliphatic carbocycles. The van der Waals surface area contributed by atoms with Gasteiger partial charge in [0.15, 0.2) is 24.6 Å². The van der Waals surface area contributed by atoms with Crippen molar-refractivity contribution in [2.45, 2.75) is 379 Å². The molecule has 0 spiro atoms. The summed E-state index contributed by atoms with van der Waals surface area (Å²) in [6.45, 7) is 6.03. The van der Waals surface area contributed by atoms with E-state index in [-0.39, 0.29) is 25.9 Å². The van der Waals surface area contributed by atoms with Gasteiger partial charge in [-0.15, -0.1) is 0 Å². The maximum Gasteiger partial charge on any atom is 0.335 e. The third kappa shape index (κ3) is 47.2. The summed E-state index contributed by atoms with van der Waals surface area (Å²) in [4.78, 5) is 51.4. The quantitative estimate of drug-likeness (QED) is 0.0228. The van der Waals surface area contributed by atoms with Crippen molar-refractivity contribution in [3.8, 4) is 0 Å². The molecule has 6 atom stereocenters. The van der Waals surface area contributed by atoms with Crippen LogP contribution in [0.25, 0.3) is 0 Å². The lowest BCUT2D eigenvalue weighted by molar-refractivity contribution is -0.301. The Morgan fingerprint density at radius 2 is 0.704 bits per heavy atom. The van der Waals surface area contributed by atoms with Crippen LogP contribution in [0.1, 0.15) is 342 Å². The third-order valence-electron chi connectivity index (χ3n) is 16.0. The number of hydrogen-bond acceptors (Lipinski definition) is 11. The number of aliphatic carboxylic acids is 1.